The lowest BCUT2D eigenvalue weighted by Crippen LogP contribution is -2.43. The molecular formula is C20H21FN2O4. The Labute approximate surface area is 156 Å². The molecule has 0 aliphatic carbocycles. The SMILES string of the molecule is COC(=O)[C@@H]1C[C@@H](Oc2ccccc2F)CN1C(=O)Nc1cccc(C)c1. The summed E-state index contributed by atoms with van der Waals surface area (Å²) in [5, 5.41) is 2.78. The summed E-state index contributed by atoms with van der Waals surface area (Å²) < 4.78 is 24.3. The number of carbonyl (C=O) groups is 2. The predicted octanol–water partition coefficient (Wildman–Crippen LogP) is 3.36. The van der Waals surface area contributed by atoms with E-state index in [-0.39, 0.29) is 18.7 Å². The Morgan fingerprint density at radius 1 is 1.19 bits per heavy atom. The molecule has 142 valence electrons. The fourth-order valence-corrected chi connectivity index (χ4v) is 3.10. The van der Waals surface area contributed by atoms with Gasteiger partial charge in [-0.05, 0) is 36.8 Å². The maximum atomic E-state index is 13.8. The van der Waals surface area contributed by atoms with Gasteiger partial charge in [-0.2, -0.15) is 0 Å². The second-order valence-electron chi connectivity index (χ2n) is 6.40. The number of para-hydroxylation sites is 1. The number of aryl methyl sites for hydroxylation is 1. The molecule has 1 heterocycles. The van der Waals surface area contributed by atoms with Crippen LogP contribution in [0, 0.1) is 12.7 Å². The van der Waals surface area contributed by atoms with Crippen molar-refractivity contribution in [2.75, 3.05) is 19.0 Å². The van der Waals surface area contributed by atoms with Crippen LogP contribution in [0.5, 0.6) is 5.75 Å². The first-order valence-electron chi connectivity index (χ1n) is 8.61. The molecule has 0 radical (unpaired) electrons. The quantitative estimate of drug-likeness (QED) is 0.836. The fourth-order valence-electron chi connectivity index (χ4n) is 3.10. The molecule has 0 unspecified atom stereocenters. The molecule has 3 rings (SSSR count). The molecule has 0 saturated carbocycles. The van der Waals surface area contributed by atoms with E-state index < -0.39 is 30.0 Å². The molecule has 1 N–H and O–H groups in total. The minimum Gasteiger partial charge on any atom is -0.485 e. The van der Waals surface area contributed by atoms with E-state index in [1.54, 1.807) is 18.2 Å². The van der Waals surface area contributed by atoms with Crippen molar-refractivity contribution in [1.29, 1.82) is 0 Å². The smallest absolute Gasteiger partial charge is 0.328 e. The first-order valence-corrected chi connectivity index (χ1v) is 8.61. The summed E-state index contributed by atoms with van der Waals surface area (Å²) in [6, 6.07) is 12.1. The molecule has 0 aromatic heterocycles. The van der Waals surface area contributed by atoms with Crippen molar-refractivity contribution in [3.05, 3.63) is 59.9 Å². The van der Waals surface area contributed by atoms with Crippen molar-refractivity contribution in [3.63, 3.8) is 0 Å². The van der Waals surface area contributed by atoms with Gasteiger partial charge in [0.05, 0.1) is 13.7 Å². The number of hydrogen-bond donors (Lipinski definition) is 1. The first kappa shape index (κ1) is 18.7. The number of nitrogens with one attached hydrogen (secondary N) is 1. The number of urea groups is 1. The minimum absolute atomic E-state index is 0.0899. The van der Waals surface area contributed by atoms with Crippen LogP contribution in [0.1, 0.15) is 12.0 Å². The van der Waals surface area contributed by atoms with E-state index in [4.69, 9.17) is 9.47 Å². The molecule has 1 aliphatic heterocycles. The lowest BCUT2D eigenvalue weighted by atomic mass is 10.2. The third kappa shape index (κ3) is 4.36. The largest absolute Gasteiger partial charge is 0.485 e. The van der Waals surface area contributed by atoms with Crippen LogP contribution >= 0.6 is 0 Å². The number of rotatable bonds is 4. The summed E-state index contributed by atoms with van der Waals surface area (Å²) in [7, 11) is 1.27. The van der Waals surface area contributed by atoms with E-state index >= 15 is 0 Å². The summed E-state index contributed by atoms with van der Waals surface area (Å²) >= 11 is 0. The van der Waals surface area contributed by atoms with Gasteiger partial charge in [0.2, 0.25) is 0 Å². The average Bonchev–Trinajstić information content (AvgIpc) is 3.07. The van der Waals surface area contributed by atoms with Crippen molar-refractivity contribution < 1.29 is 23.5 Å². The predicted molar refractivity (Wildman–Crippen MR) is 98.1 cm³/mol. The minimum atomic E-state index is -0.795. The second-order valence-corrected chi connectivity index (χ2v) is 6.40. The molecule has 2 amide bonds. The van der Waals surface area contributed by atoms with Crippen LogP contribution in [0.15, 0.2) is 48.5 Å². The molecule has 0 spiro atoms. The number of methoxy groups -OCH3 is 1. The molecule has 1 saturated heterocycles. The van der Waals surface area contributed by atoms with E-state index in [1.807, 2.05) is 25.1 Å². The van der Waals surface area contributed by atoms with Crippen LogP contribution in [0.25, 0.3) is 0 Å². The second kappa shape index (κ2) is 8.07. The van der Waals surface area contributed by atoms with Gasteiger partial charge < -0.3 is 19.7 Å². The molecule has 2 atom stereocenters. The molecule has 1 aliphatic rings. The van der Waals surface area contributed by atoms with Crippen LogP contribution in [0.3, 0.4) is 0 Å². The number of nitrogens with zero attached hydrogens (tertiary/aromatic N) is 1. The molecule has 6 nitrogen and oxygen atoms in total. The first-order chi connectivity index (χ1) is 13.0. The van der Waals surface area contributed by atoms with Gasteiger partial charge >= 0.3 is 12.0 Å². The zero-order valence-corrected chi connectivity index (χ0v) is 15.1. The maximum absolute atomic E-state index is 13.8. The summed E-state index contributed by atoms with van der Waals surface area (Å²) in [6.07, 6.45) is -0.295. The maximum Gasteiger partial charge on any atom is 0.328 e. The van der Waals surface area contributed by atoms with E-state index in [0.29, 0.717) is 5.69 Å². The van der Waals surface area contributed by atoms with Gasteiger partial charge in [0, 0.05) is 12.1 Å². The number of ether oxygens (including phenoxy) is 2. The molecule has 2 aromatic carbocycles. The Bertz CT molecular complexity index is 842. The van der Waals surface area contributed by atoms with Crippen molar-refractivity contribution in [3.8, 4) is 5.75 Å². The third-order valence-electron chi connectivity index (χ3n) is 4.40. The van der Waals surface area contributed by atoms with Gasteiger partial charge in [0.1, 0.15) is 12.1 Å². The highest BCUT2D eigenvalue weighted by molar-refractivity contribution is 5.93. The summed E-state index contributed by atoms with van der Waals surface area (Å²) in [4.78, 5) is 26.2. The Morgan fingerprint density at radius 3 is 2.67 bits per heavy atom. The Hall–Kier alpha value is -3.09. The van der Waals surface area contributed by atoms with Gasteiger partial charge in [0.15, 0.2) is 11.6 Å². The number of hydrogen-bond acceptors (Lipinski definition) is 4. The number of benzene rings is 2. The van der Waals surface area contributed by atoms with Crippen LogP contribution in [0.2, 0.25) is 0 Å². The lowest BCUT2D eigenvalue weighted by molar-refractivity contribution is -0.144. The van der Waals surface area contributed by atoms with Gasteiger partial charge in [-0.15, -0.1) is 0 Å². The highest BCUT2D eigenvalue weighted by Crippen LogP contribution is 2.26. The van der Waals surface area contributed by atoms with E-state index in [1.165, 1.54) is 24.1 Å². The van der Waals surface area contributed by atoms with Gasteiger partial charge in [-0.1, -0.05) is 24.3 Å². The number of carbonyl (C=O) groups excluding carboxylic acids is 2. The molecule has 2 aromatic rings. The molecule has 7 heteroatoms. The summed E-state index contributed by atoms with van der Waals surface area (Å²) in [5.41, 5.74) is 1.63. The van der Waals surface area contributed by atoms with Crippen LogP contribution in [-0.4, -0.2) is 42.7 Å². The highest BCUT2D eigenvalue weighted by Gasteiger charge is 2.41. The van der Waals surface area contributed by atoms with Gasteiger partial charge in [-0.3, -0.25) is 0 Å². The molecular weight excluding hydrogens is 351 g/mol. The number of halogens is 1. The Balaban J connectivity index is 1.74. The van der Waals surface area contributed by atoms with Crippen molar-refractivity contribution in [2.24, 2.45) is 0 Å². The van der Waals surface area contributed by atoms with Crippen molar-refractivity contribution in [2.45, 2.75) is 25.5 Å². The molecule has 1 fully saturated rings. The van der Waals surface area contributed by atoms with E-state index in [0.717, 1.165) is 5.56 Å². The van der Waals surface area contributed by atoms with E-state index in [2.05, 4.69) is 5.32 Å². The van der Waals surface area contributed by atoms with Crippen LogP contribution in [-0.2, 0) is 9.53 Å². The normalized spacial score (nSPS) is 18.9. The van der Waals surface area contributed by atoms with Crippen LogP contribution in [0.4, 0.5) is 14.9 Å². The number of likely N-dealkylation sites (tertiary alicyclic amines) is 1. The van der Waals surface area contributed by atoms with E-state index in [9.17, 15) is 14.0 Å². The zero-order valence-electron chi connectivity index (χ0n) is 15.1. The highest BCUT2D eigenvalue weighted by atomic mass is 19.1. The average molecular weight is 372 g/mol. The fraction of sp³-hybridized carbons (Fsp3) is 0.300. The standard InChI is InChI=1S/C20H21FN2O4/c1-13-6-5-7-14(10-13)22-20(25)23-12-15(11-17(23)19(24)26-2)27-18-9-4-3-8-16(18)21/h3-10,15,17H,11-12H2,1-2H3,(H,22,25)/t15-,17+/m1/s1. The van der Waals surface area contributed by atoms with Crippen molar-refractivity contribution >= 4 is 17.7 Å². The molecule has 27 heavy (non-hydrogen) atoms. The summed E-state index contributed by atoms with van der Waals surface area (Å²) in [5.74, 6) is -0.934. The monoisotopic (exact) mass is 372 g/mol. The Kier molecular flexibility index (Phi) is 5.59. The van der Waals surface area contributed by atoms with Crippen LogP contribution < -0.4 is 10.1 Å². The molecule has 0 bridgehead atoms. The zero-order chi connectivity index (χ0) is 19.4. The number of esters is 1. The van der Waals surface area contributed by atoms with Gasteiger partial charge in [0.25, 0.3) is 0 Å². The lowest BCUT2D eigenvalue weighted by Gasteiger charge is -2.22. The number of amides is 2. The summed E-state index contributed by atoms with van der Waals surface area (Å²) in [6.45, 7) is 2.06. The number of anilines is 1. The Morgan fingerprint density at radius 2 is 1.96 bits per heavy atom. The van der Waals surface area contributed by atoms with Crippen molar-refractivity contribution in [1.82, 2.24) is 4.90 Å². The topological polar surface area (TPSA) is 67.9 Å². The third-order valence-corrected chi connectivity index (χ3v) is 4.40. The van der Waals surface area contributed by atoms with Gasteiger partial charge in [-0.25, -0.2) is 14.0 Å².